The van der Waals surface area contributed by atoms with Crippen molar-refractivity contribution in [2.24, 2.45) is 0 Å². The minimum absolute atomic E-state index is 0.0459. The maximum atomic E-state index is 6.37. The molecule has 2 fully saturated rings. The van der Waals surface area contributed by atoms with Crippen LogP contribution in [-0.2, 0) is 11.3 Å². The number of nitrogens with zero attached hydrogens (tertiary/aromatic N) is 5. The molecule has 1 spiro atoms. The molecule has 0 N–H and O–H groups in total. The number of hydrogen-bond donors (Lipinski definition) is 0. The normalized spacial score (nSPS) is 26.3. The van der Waals surface area contributed by atoms with E-state index in [0.717, 1.165) is 56.4 Å². The van der Waals surface area contributed by atoms with Crippen LogP contribution in [-0.4, -0.2) is 58.2 Å². The van der Waals surface area contributed by atoms with Gasteiger partial charge in [0.05, 0.1) is 23.9 Å². The molecule has 0 saturated carbocycles. The second-order valence-corrected chi connectivity index (χ2v) is 7.60. The lowest BCUT2D eigenvalue weighted by atomic mass is 9.88. The number of pyridine rings is 1. The Morgan fingerprint density at radius 3 is 2.92 bits per heavy atom. The Morgan fingerprint density at radius 1 is 1.27 bits per heavy atom. The molecule has 2 aliphatic heterocycles. The third-order valence-electron chi connectivity index (χ3n) is 5.55. The SMILES string of the molecule is Cc1cccc(CN2CCCC3(CC(N(C)c4ncccn4)CO3)C2)n1. The molecule has 26 heavy (non-hydrogen) atoms. The first-order valence-corrected chi connectivity index (χ1v) is 9.42. The van der Waals surface area contributed by atoms with Gasteiger partial charge in [-0.1, -0.05) is 6.07 Å². The number of aromatic nitrogens is 3. The van der Waals surface area contributed by atoms with E-state index in [-0.39, 0.29) is 5.60 Å². The molecule has 2 aliphatic rings. The van der Waals surface area contributed by atoms with Crippen LogP contribution < -0.4 is 4.90 Å². The summed E-state index contributed by atoms with van der Waals surface area (Å²) in [5.41, 5.74) is 2.18. The Bertz CT molecular complexity index is 740. The quantitative estimate of drug-likeness (QED) is 0.842. The summed E-state index contributed by atoms with van der Waals surface area (Å²) in [7, 11) is 2.07. The first kappa shape index (κ1) is 17.4. The topological polar surface area (TPSA) is 54.4 Å². The van der Waals surface area contributed by atoms with E-state index in [1.165, 1.54) is 6.42 Å². The molecule has 4 rings (SSSR count). The molecule has 0 aromatic carbocycles. The molecular weight excluding hydrogens is 326 g/mol. The zero-order chi connectivity index (χ0) is 18.0. The molecule has 6 heteroatoms. The second kappa shape index (κ2) is 7.29. The molecule has 0 aliphatic carbocycles. The Morgan fingerprint density at radius 2 is 2.12 bits per heavy atom. The minimum atomic E-state index is -0.0459. The Labute approximate surface area is 155 Å². The summed E-state index contributed by atoms with van der Waals surface area (Å²) in [5.74, 6) is 0.773. The van der Waals surface area contributed by atoms with Crippen molar-refractivity contribution in [1.29, 1.82) is 0 Å². The van der Waals surface area contributed by atoms with E-state index in [0.29, 0.717) is 6.04 Å². The lowest BCUT2D eigenvalue weighted by Gasteiger charge is -2.40. The van der Waals surface area contributed by atoms with Gasteiger partial charge in [0.15, 0.2) is 0 Å². The molecule has 2 unspecified atom stereocenters. The molecule has 2 saturated heterocycles. The van der Waals surface area contributed by atoms with Gasteiger partial charge in [-0.3, -0.25) is 9.88 Å². The third kappa shape index (κ3) is 3.71. The summed E-state index contributed by atoms with van der Waals surface area (Å²) in [6.07, 6.45) is 6.91. The highest BCUT2D eigenvalue weighted by Crippen LogP contribution is 2.37. The summed E-state index contributed by atoms with van der Waals surface area (Å²) >= 11 is 0. The van der Waals surface area contributed by atoms with Crippen molar-refractivity contribution in [1.82, 2.24) is 19.9 Å². The van der Waals surface area contributed by atoms with Gasteiger partial charge in [0.25, 0.3) is 0 Å². The number of anilines is 1. The number of aryl methyl sites for hydroxylation is 1. The van der Waals surface area contributed by atoms with Crippen molar-refractivity contribution in [3.05, 3.63) is 48.0 Å². The van der Waals surface area contributed by atoms with E-state index < -0.39 is 0 Å². The van der Waals surface area contributed by atoms with Crippen molar-refractivity contribution in [3.63, 3.8) is 0 Å². The second-order valence-electron chi connectivity index (χ2n) is 7.60. The summed E-state index contributed by atoms with van der Waals surface area (Å²) in [6.45, 7) is 5.78. The van der Waals surface area contributed by atoms with Crippen LogP contribution in [0.2, 0.25) is 0 Å². The van der Waals surface area contributed by atoms with Crippen LogP contribution in [0.15, 0.2) is 36.7 Å². The molecule has 2 aromatic rings. The van der Waals surface area contributed by atoms with Gasteiger partial charge in [0, 0.05) is 44.6 Å². The zero-order valence-electron chi connectivity index (χ0n) is 15.6. The molecular formula is C20H27N5O. The average molecular weight is 353 g/mol. The van der Waals surface area contributed by atoms with E-state index in [9.17, 15) is 0 Å². The number of likely N-dealkylation sites (N-methyl/N-ethyl adjacent to an activating group) is 1. The van der Waals surface area contributed by atoms with Gasteiger partial charge in [-0.2, -0.15) is 0 Å². The van der Waals surface area contributed by atoms with Crippen molar-refractivity contribution in [3.8, 4) is 0 Å². The van der Waals surface area contributed by atoms with Crippen molar-refractivity contribution in [2.75, 3.05) is 31.6 Å². The Kier molecular flexibility index (Phi) is 4.87. The number of hydrogen-bond acceptors (Lipinski definition) is 6. The van der Waals surface area contributed by atoms with Crippen molar-refractivity contribution in [2.45, 2.75) is 44.4 Å². The largest absolute Gasteiger partial charge is 0.371 e. The standard InChI is InChI=1S/C20H27N5O/c1-16-6-3-7-17(23-16)13-25-11-4-8-20(15-25)12-18(14-26-20)24(2)19-21-9-5-10-22-19/h3,5-7,9-10,18H,4,8,11-15H2,1-2H3. The van der Waals surface area contributed by atoms with Crippen LogP contribution in [0.5, 0.6) is 0 Å². The van der Waals surface area contributed by atoms with Gasteiger partial charge in [0.2, 0.25) is 5.95 Å². The Balaban J connectivity index is 1.41. The predicted octanol–water partition coefficient (Wildman–Crippen LogP) is 2.44. The minimum Gasteiger partial charge on any atom is -0.371 e. The van der Waals surface area contributed by atoms with E-state index >= 15 is 0 Å². The molecule has 6 nitrogen and oxygen atoms in total. The number of likely N-dealkylation sites (tertiary alicyclic amines) is 1. The predicted molar refractivity (Wildman–Crippen MR) is 101 cm³/mol. The fourth-order valence-corrected chi connectivity index (χ4v) is 4.23. The molecule has 4 heterocycles. The highest BCUT2D eigenvalue weighted by Gasteiger charge is 2.44. The summed E-state index contributed by atoms with van der Waals surface area (Å²) in [5, 5.41) is 0. The number of rotatable bonds is 4. The van der Waals surface area contributed by atoms with Gasteiger partial charge in [-0.25, -0.2) is 9.97 Å². The van der Waals surface area contributed by atoms with Crippen molar-refractivity contribution >= 4 is 5.95 Å². The molecule has 0 bridgehead atoms. The van der Waals surface area contributed by atoms with Crippen LogP contribution in [0.1, 0.15) is 30.7 Å². The van der Waals surface area contributed by atoms with Crippen LogP contribution in [0.3, 0.4) is 0 Å². The highest BCUT2D eigenvalue weighted by molar-refractivity contribution is 5.30. The van der Waals surface area contributed by atoms with E-state index in [1.54, 1.807) is 12.4 Å². The number of ether oxygens (including phenoxy) is 1. The van der Waals surface area contributed by atoms with E-state index in [4.69, 9.17) is 4.74 Å². The van der Waals surface area contributed by atoms with Crippen molar-refractivity contribution < 1.29 is 4.74 Å². The summed E-state index contributed by atoms with van der Waals surface area (Å²) in [6, 6.07) is 8.44. The zero-order valence-corrected chi connectivity index (χ0v) is 15.6. The highest BCUT2D eigenvalue weighted by atomic mass is 16.5. The van der Waals surface area contributed by atoms with Crippen LogP contribution in [0.4, 0.5) is 5.95 Å². The molecule has 138 valence electrons. The maximum absolute atomic E-state index is 6.37. The average Bonchev–Trinajstić information content (AvgIpc) is 3.05. The van der Waals surface area contributed by atoms with Crippen LogP contribution in [0.25, 0.3) is 0 Å². The lowest BCUT2D eigenvalue weighted by Crippen LogP contribution is -2.48. The Hall–Kier alpha value is -2.05. The maximum Gasteiger partial charge on any atom is 0.225 e. The van der Waals surface area contributed by atoms with Gasteiger partial charge in [-0.05, 0) is 44.5 Å². The van der Waals surface area contributed by atoms with Gasteiger partial charge in [-0.15, -0.1) is 0 Å². The van der Waals surface area contributed by atoms with E-state index in [1.807, 2.05) is 19.1 Å². The van der Waals surface area contributed by atoms with E-state index in [2.05, 4.69) is 43.9 Å². The summed E-state index contributed by atoms with van der Waals surface area (Å²) < 4.78 is 6.37. The third-order valence-corrected chi connectivity index (χ3v) is 5.55. The van der Waals surface area contributed by atoms with Gasteiger partial charge >= 0.3 is 0 Å². The first-order chi connectivity index (χ1) is 12.6. The van der Waals surface area contributed by atoms with Gasteiger partial charge < -0.3 is 9.64 Å². The molecule has 0 radical (unpaired) electrons. The fourth-order valence-electron chi connectivity index (χ4n) is 4.23. The lowest BCUT2D eigenvalue weighted by molar-refractivity contribution is -0.0535. The number of piperidine rings is 1. The first-order valence-electron chi connectivity index (χ1n) is 9.42. The van der Waals surface area contributed by atoms with Crippen LogP contribution in [0, 0.1) is 6.92 Å². The smallest absolute Gasteiger partial charge is 0.225 e. The monoisotopic (exact) mass is 353 g/mol. The molecule has 2 aromatic heterocycles. The summed E-state index contributed by atoms with van der Waals surface area (Å²) in [4.78, 5) is 18.1. The molecule has 0 amide bonds. The molecule has 2 atom stereocenters. The van der Waals surface area contributed by atoms with Gasteiger partial charge in [0.1, 0.15) is 0 Å². The van der Waals surface area contributed by atoms with Crippen LogP contribution >= 0.6 is 0 Å². The fraction of sp³-hybridized carbons (Fsp3) is 0.550.